The topological polar surface area (TPSA) is 58.0 Å². The molecule has 0 fully saturated rings. The summed E-state index contributed by atoms with van der Waals surface area (Å²) in [4.78, 5) is 6.90. The van der Waals surface area contributed by atoms with E-state index in [0.29, 0.717) is 6.42 Å². The van der Waals surface area contributed by atoms with Gasteiger partial charge in [-0.3, -0.25) is 0 Å². The van der Waals surface area contributed by atoms with E-state index in [1.54, 1.807) is 0 Å². The summed E-state index contributed by atoms with van der Waals surface area (Å²) in [7, 11) is 0. The molecule has 0 saturated carbocycles. The minimum absolute atomic E-state index is 0.00861. The minimum Gasteiger partial charge on any atom is -0.396 e. The molecule has 20 heavy (non-hydrogen) atoms. The van der Waals surface area contributed by atoms with Crippen LogP contribution < -0.4 is 5.32 Å². The number of anilines is 1. The summed E-state index contributed by atoms with van der Waals surface area (Å²) in [6.45, 7) is 5.65. The molecule has 0 aromatic carbocycles. The molecular weight excluding hydrogens is 295 g/mol. The number of aromatic nitrogens is 2. The van der Waals surface area contributed by atoms with Gasteiger partial charge in [0.25, 0.3) is 0 Å². The molecule has 0 aliphatic rings. The SMILES string of the molecule is CC(C)(C)C(CCO)Nc1cc(C(F)(F)F)nc(Cl)n1. The maximum absolute atomic E-state index is 12.7. The van der Waals surface area contributed by atoms with Crippen molar-refractivity contribution in [1.29, 1.82) is 0 Å². The van der Waals surface area contributed by atoms with Gasteiger partial charge in [-0.15, -0.1) is 0 Å². The van der Waals surface area contributed by atoms with E-state index in [1.807, 2.05) is 20.8 Å². The molecule has 1 atom stereocenters. The summed E-state index contributed by atoms with van der Waals surface area (Å²) >= 11 is 5.52. The third-order valence-electron chi connectivity index (χ3n) is 2.77. The van der Waals surface area contributed by atoms with Crippen LogP contribution in [-0.4, -0.2) is 27.7 Å². The lowest BCUT2D eigenvalue weighted by Crippen LogP contribution is -2.35. The largest absolute Gasteiger partial charge is 0.433 e. The van der Waals surface area contributed by atoms with Crippen LogP contribution in [0, 0.1) is 5.41 Å². The molecule has 0 amide bonds. The number of nitrogens with one attached hydrogen (secondary N) is 1. The zero-order valence-electron chi connectivity index (χ0n) is 11.4. The van der Waals surface area contributed by atoms with Crippen LogP contribution in [0.4, 0.5) is 19.0 Å². The van der Waals surface area contributed by atoms with Crippen molar-refractivity contribution in [1.82, 2.24) is 9.97 Å². The van der Waals surface area contributed by atoms with Gasteiger partial charge in [-0.1, -0.05) is 20.8 Å². The van der Waals surface area contributed by atoms with Crippen LogP contribution in [0.1, 0.15) is 32.9 Å². The average Bonchev–Trinajstić information content (AvgIpc) is 2.25. The highest BCUT2D eigenvalue weighted by Crippen LogP contribution is 2.31. The summed E-state index contributed by atoms with van der Waals surface area (Å²) < 4.78 is 38.0. The fourth-order valence-electron chi connectivity index (χ4n) is 1.67. The fraction of sp³-hybridized carbons (Fsp3) is 0.667. The highest BCUT2D eigenvalue weighted by Gasteiger charge is 2.34. The second-order valence-electron chi connectivity index (χ2n) is 5.48. The number of hydrogen-bond donors (Lipinski definition) is 2. The van der Waals surface area contributed by atoms with Gasteiger partial charge in [0, 0.05) is 18.7 Å². The second-order valence-corrected chi connectivity index (χ2v) is 5.82. The van der Waals surface area contributed by atoms with Gasteiger partial charge in [0.15, 0.2) is 5.69 Å². The van der Waals surface area contributed by atoms with Gasteiger partial charge >= 0.3 is 6.18 Å². The maximum atomic E-state index is 12.7. The number of nitrogens with zero attached hydrogens (tertiary/aromatic N) is 2. The molecule has 2 N–H and O–H groups in total. The van der Waals surface area contributed by atoms with Crippen LogP contribution in [0.25, 0.3) is 0 Å². The Morgan fingerprint density at radius 2 is 1.90 bits per heavy atom. The number of aliphatic hydroxyl groups excluding tert-OH is 1. The zero-order valence-corrected chi connectivity index (χ0v) is 12.2. The molecule has 0 bridgehead atoms. The van der Waals surface area contributed by atoms with Crippen LogP contribution in [0.3, 0.4) is 0 Å². The van der Waals surface area contributed by atoms with E-state index < -0.39 is 17.2 Å². The molecule has 1 unspecified atom stereocenters. The quantitative estimate of drug-likeness (QED) is 0.837. The lowest BCUT2D eigenvalue weighted by atomic mass is 9.85. The van der Waals surface area contributed by atoms with Crippen LogP contribution in [-0.2, 0) is 6.18 Å². The molecule has 1 aromatic heterocycles. The number of rotatable bonds is 4. The average molecular weight is 312 g/mol. The molecule has 114 valence electrons. The Morgan fingerprint density at radius 1 is 1.30 bits per heavy atom. The van der Waals surface area contributed by atoms with Crippen LogP contribution in [0.15, 0.2) is 6.07 Å². The van der Waals surface area contributed by atoms with Gasteiger partial charge in [0.2, 0.25) is 5.28 Å². The lowest BCUT2D eigenvalue weighted by molar-refractivity contribution is -0.141. The molecule has 1 heterocycles. The van der Waals surface area contributed by atoms with Crippen molar-refractivity contribution in [2.75, 3.05) is 11.9 Å². The molecule has 0 aliphatic heterocycles. The van der Waals surface area contributed by atoms with Gasteiger partial charge in [-0.25, -0.2) is 9.97 Å². The predicted octanol–water partition coefficient (Wildman–Crippen LogP) is 3.36. The Hall–Kier alpha value is -1.08. The van der Waals surface area contributed by atoms with E-state index in [0.717, 1.165) is 6.07 Å². The van der Waals surface area contributed by atoms with Gasteiger partial charge in [-0.2, -0.15) is 13.2 Å². The summed E-state index contributed by atoms with van der Waals surface area (Å²) in [5.41, 5.74) is -1.37. The van der Waals surface area contributed by atoms with Crippen LogP contribution >= 0.6 is 11.6 Å². The highest BCUT2D eigenvalue weighted by atomic mass is 35.5. The third kappa shape index (κ3) is 4.79. The Labute approximate surface area is 120 Å². The molecule has 0 radical (unpaired) electrons. The first kappa shape index (κ1) is 17.0. The first-order valence-electron chi connectivity index (χ1n) is 6.03. The Balaban J connectivity index is 3.04. The van der Waals surface area contributed by atoms with Gasteiger partial charge < -0.3 is 10.4 Å². The molecule has 1 aromatic rings. The molecule has 4 nitrogen and oxygen atoms in total. The van der Waals surface area contributed by atoms with E-state index >= 15 is 0 Å². The first-order chi connectivity index (χ1) is 9.04. The third-order valence-corrected chi connectivity index (χ3v) is 2.94. The van der Waals surface area contributed by atoms with Crippen molar-refractivity contribution in [3.8, 4) is 0 Å². The lowest BCUT2D eigenvalue weighted by Gasteiger charge is -2.31. The van der Waals surface area contributed by atoms with Gasteiger partial charge in [0.1, 0.15) is 5.82 Å². The molecule has 8 heteroatoms. The number of halogens is 4. The fourth-order valence-corrected chi connectivity index (χ4v) is 1.85. The number of hydrogen-bond acceptors (Lipinski definition) is 4. The minimum atomic E-state index is -4.59. The van der Waals surface area contributed by atoms with Crippen molar-refractivity contribution in [2.24, 2.45) is 5.41 Å². The molecular formula is C12H17ClF3N3O. The molecule has 0 aliphatic carbocycles. The van der Waals surface area contributed by atoms with E-state index in [9.17, 15) is 13.2 Å². The van der Waals surface area contributed by atoms with Crippen LogP contribution in [0.2, 0.25) is 5.28 Å². The van der Waals surface area contributed by atoms with Crippen LogP contribution in [0.5, 0.6) is 0 Å². The van der Waals surface area contributed by atoms with Crippen molar-refractivity contribution in [3.05, 3.63) is 17.0 Å². The monoisotopic (exact) mass is 311 g/mol. The van der Waals surface area contributed by atoms with E-state index in [1.165, 1.54) is 0 Å². The molecule has 1 rings (SSSR count). The normalized spacial score (nSPS) is 14.2. The first-order valence-corrected chi connectivity index (χ1v) is 6.41. The number of aliphatic hydroxyl groups is 1. The summed E-state index contributed by atoms with van der Waals surface area (Å²) in [6, 6.07) is 0.557. The maximum Gasteiger partial charge on any atom is 0.433 e. The van der Waals surface area contributed by atoms with Crippen molar-refractivity contribution >= 4 is 17.4 Å². The Morgan fingerprint density at radius 3 is 2.35 bits per heavy atom. The standard InChI is InChI=1S/C12H17ClF3N3O/c1-11(2,3)7(4-5-20)17-9-6-8(12(14,15)16)18-10(13)19-9/h6-7,20H,4-5H2,1-3H3,(H,17,18,19). The summed E-state index contributed by atoms with van der Waals surface area (Å²) in [6.07, 6.45) is -4.20. The Bertz CT molecular complexity index is 460. The van der Waals surface area contributed by atoms with Crippen molar-refractivity contribution in [2.45, 2.75) is 39.4 Å². The second kappa shape index (κ2) is 6.13. The van der Waals surface area contributed by atoms with Crippen molar-refractivity contribution in [3.63, 3.8) is 0 Å². The molecule has 0 spiro atoms. The smallest absolute Gasteiger partial charge is 0.396 e. The van der Waals surface area contributed by atoms with Gasteiger partial charge in [-0.05, 0) is 23.4 Å². The van der Waals surface area contributed by atoms with E-state index in [-0.39, 0.29) is 23.9 Å². The van der Waals surface area contributed by atoms with Crippen molar-refractivity contribution < 1.29 is 18.3 Å². The zero-order chi connectivity index (χ0) is 15.6. The van der Waals surface area contributed by atoms with E-state index in [2.05, 4.69) is 15.3 Å². The highest BCUT2D eigenvalue weighted by molar-refractivity contribution is 6.28. The number of alkyl halides is 3. The van der Waals surface area contributed by atoms with E-state index in [4.69, 9.17) is 16.7 Å². The Kier molecular flexibility index (Phi) is 5.21. The molecule has 0 saturated heterocycles. The predicted molar refractivity (Wildman–Crippen MR) is 70.6 cm³/mol. The summed E-state index contributed by atoms with van der Waals surface area (Å²) in [5, 5.41) is 11.4. The van der Waals surface area contributed by atoms with Gasteiger partial charge in [0.05, 0.1) is 0 Å². The summed E-state index contributed by atoms with van der Waals surface area (Å²) in [5.74, 6) is -0.00861.